The summed E-state index contributed by atoms with van der Waals surface area (Å²) in [7, 11) is 0. The maximum atomic E-state index is 12.0. The number of ketones is 1. The molecule has 1 amide bonds. The smallest absolute Gasteiger partial charge is 0.289 e. The summed E-state index contributed by atoms with van der Waals surface area (Å²) >= 11 is 0. The van der Waals surface area contributed by atoms with E-state index in [4.69, 9.17) is 4.74 Å². The van der Waals surface area contributed by atoms with Gasteiger partial charge in [0, 0.05) is 45.1 Å². The van der Waals surface area contributed by atoms with E-state index >= 15 is 0 Å². The van der Waals surface area contributed by atoms with E-state index in [0.717, 1.165) is 43.3 Å². The molecular weight excluding hydrogens is 308 g/mol. The van der Waals surface area contributed by atoms with Gasteiger partial charge in [-0.05, 0) is 19.8 Å². The van der Waals surface area contributed by atoms with E-state index in [1.807, 2.05) is 13.0 Å². The van der Waals surface area contributed by atoms with Crippen LogP contribution in [0.25, 0.3) is 0 Å². The Hall–Kier alpha value is -2.02. The number of Topliss-reactive ketones (excluding diaryl/α,β-unsaturated/α-hetero) is 1. The van der Waals surface area contributed by atoms with Gasteiger partial charge in [-0.1, -0.05) is 0 Å². The number of carbonyl (C=O) groups is 2. The summed E-state index contributed by atoms with van der Waals surface area (Å²) in [6.07, 6.45) is 1.86. The van der Waals surface area contributed by atoms with Crippen molar-refractivity contribution in [3.63, 3.8) is 0 Å². The maximum Gasteiger partial charge on any atom is 0.289 e. The van der Waals surface area contributed by atoms with Crippen LogP contribution in [0.3, 0.4) is 0 Å². The number of hydrogen-bond donors (Lipinski definition) is 0. The highest BCUT2D eigenvalue weighted by Crippen LogP contribution is 2.28. The number of rotatable bonds is 3. The number of piperidine rings is 1. The molecule has 1 aromatic rings. The van der Waals surface area contributed by atoms with Crippen molar-refractivity contribution in [3.8, 4) is 0 Å². The van der Waals surface area contributed by atoms with Crippen molar-refractivity contribution in [2.24, 2.45) is 0 Å². The van der Waals surface area contributed by atoms with Gasteiger partial charge in [0.15, 0.2) is 0 Å². The number of morpholine rings is 1. The van der Waals surface area contributed by atoms with Gasteiger partial charge in [0.05, 0.1) is 18.9 Å². The van der Waals surface area contributed by atoms with Crippen molar-refractivity contribution in [3.05, 3.63) is 17.6 Å². The fourth-order valence-electron chi connectivity index (χ4n) is 3.36. The van der Waals surface area contributed by atoms with Gasteiger partial charge < -0.3 is 14.5 Å². The zero-order valence-electron chi connectivity index (χ0n) is 14.3. The van der Waals surface area contributed by atoms with Crippen LogP contribution in [0.5, 0.6) is 0 Å². The summed E-state index contributed by atoms with van der Waals surface area (Å²) < 4.78 is 5.40. The molecule has 0 N–H and O–H groups in total. The highest BCUT2D eigenvalue weighted by Gasteiger charge is 2.28. The second kappa shape index (κ2) is 7.25. The standard InChI is InChI=1S/C17H24N4O3/c1-12(22)17(23)21-5-3-4-14(11-21)15-10-16(19-13(2)18-15)20-6-8-24-9-7-20/h10,14H,3-9,11H2,1-2H3/t14-/m0/s1. The van der Waals surface area contributed by atoms with Gasteiger partial charge in [-0.2, -0.15) is 0 Å². The van der Waals surface area contributed by atoms with Crippen LogP contribution in [-0.4, -0.2) is 66.0 Å². The summed E-state index contributed by atoms with van der Waals surface area (Å²) in [6, 6.07) is 2.03. The monoisotopic (exact) mass is 332 g/mol. The van der Waals surface area contributed by atoms with Crippen molar-refractivity contribution >= 4 is 17.5 Å². The average Bonchev–Trinajstić information content (AvgIpc) is 2.61. The predicted molar refractivity (Wildman–Crippen MR) is 89.0 cm³/mol. The number of nitrogens with zero attached hydrogens (tertiary/aromatic N) is 4. The van der Waals surface area contributed by atoms with E-state index in [1.165, 1.54) is 6.92 Å². The second-order valence-corrected chi connectivity index (χ2v) is 6.44. The molecule has 3 rings (SSSR count). The maximum absolute atomic E-state index is 12.0. The third kappa shape index (κ3) is 3.72. The molecule has 2 fully saturated rings. The molecule has 0 spiro atoms. The second-order valence-electron chi connectivity index (χ2n) is 6.44. The van der Waals surface area contributed by atoms with Gasteiger partial charge in [-0.15, -0.1) is 0 Å². The van der Waals surface area contributed by atoms with Crippen molar-refractivity contribution in [2.75, 3.05) is 44.3 Å². The van der Waals surface area contributed by atoms with Crippen molar-refractivity contribution in [1.29, 1.82) is 0 Å². The van der Waals surface area contributed by atoms with Crippen molar-refractivity contribution < 1.29 is 14.3 Å². The molecule has 0 saturated carbocycles. The van der Waals surface area contributed by atoms with Gasteiger partial charge in [0.1, 0.15) is 11.6 Å². The Morgan fingerprint density at radius 3 is 2.67 bits per heavy atom. The molecule has 130 valence electrons. The first kappa shape index (κ1) is 16.8. The topological polar surface area (TPSA) is 75.6 Å². The van der Waals surface area contributed by atoms with E-state index in [9.17, 15) is 9.59 Å². The van der Waals surface area contributed by atoms with Crippen LogP contribution in [0.15, 0.2) is 6.07 Å². The Morgan fingerprint density at radius 2 is 1.96 bits per heavy atom. The minimum absolute atomic E-state index is 0.156. The number of hydrogen-bond acceptors (Lipinski definition) is 6. The van der Waals surface area contributed by atoms with Crippen molar-refractivity contribution in [2.45, 2.75) is 32.6 Å². The lowest BCUT2D eigenvalue weighted by Crippen LogP contribution is -2.42. The number of amides is 1. The van der Waals surface area contributed by atoms with E-state index in [0.29, 0.717) is 26.3 Å². The largest absolute Gasteiger partial charge is 0.378 e. The van der Waals surface area contributed by atoms with E-state index in [1.54, 1.807) is 4.90 Å². The summed E-state index contributed by atoms with van der Waals surface area (Å²) in [5.41, 5.74) is 0.963. The molecule has 0 aliphatic carbocycles. The zero-order valence-corrected chi connectivity index (χ0v) is 14.3. The third-order valence-corrected chi connectivity index (χ3v) is 4.61. The number of anilines is 1. The van der Waals surface area contributed by atoms with E-state index < -0.39 is 5.78 Å². The highest BCUT2D eigenvalue weighted by atomic mass is 16.5. The molecule has 0 unspecified atom stereocenters. The molecule has 2 saturated heterocycles. The van der Waals surface area contributed by atoms with Gasteiger partial charge >= 0.3 is 0 Å². The molecule has 0 bridgehead atoms. The Morgan fingerprint density at radius 1 is 1.21 bits per heavy atom. The molecule has 24 heavy (non-hydrogen) atoms. The number of aryl methyl sites for hydroxylation is 1. The van der Waals surface area contributed by atoms with Gasteiger partial charge in [-0.3, -0.25) is 9.59 Å². The van der Waals surface area contributed by atoms with E-state index in [-0.39, 0.29) is 11.8 Å². The fraction of sp³-hybridized carbons (Fsp3) is 0.647. The minimum Gasteiger partial charge on any atom is -0.378 e. The summed E-state index contributed by atoms with van der Waals surface area (Å²) in [5.74, 6) is 1.03. The van der Waals surface area contributed by atoms with Crippen LogP contribution in [0.2, 0.25) is 0 Å². The minimum atomic E-state index is -0.400. The van der Waals surface area contributed by atoms with Gasteiger partial charge in [0.25, 0.3) is 5.91 Å². The SMILES string of the molecule is CC(=O)C(=O)N1CCC[C@H](c2cc(N3CCOCC3)nc(C)n2)C1. The number of carbonyl (C=O) groups excluding carboxylic acids is 2. The number of aromatic nitrogens is 2. The Labute approximate surface area is 142 Å². The number of ether oxygens (including phenoxy) is 1. The zero-order chi connectivity index (χ0) is 17.1. The van der Waals surface area contributed by atoms with Gasteiger partial charge in [-0.25, -0.2) is 9.97 Å². The average molecular weight is 332 g/mol. The summed E-state index contributed by atoms with van der Waals surface area (Å²) in [5, 5.41) is 0. The molecule has 1 aromatic heterocycles. The molecular formula is C17H24N4O3. The molecule has 1 atom stereocenters. The molecule has 0 radical (unpaired) electrons. The number of likely N-dealkylation sites (tertiary alicyclic amines) is 1. The Bertz CT molecular complexity index is 628. The lowest BCUT2D eigenvalue weighted by atomic mass is 9.94. The molecule has 2 aliphatic rings. The van der Waals surface area contributed by atoms with Crippen LogP contribution < -0.4 is 4.90 Å². The van der Waals surface area contributed by atoms with Crippen molar-refractivity contribution in [1.82, 2.24) is 14.9 Å². The van der Waals surface area contributed by atoms with Crippen LogP contribution >= 0.6 is 0 Å². The molecule has 3 heterocycles. The molecule has 7 heteroatoms. The first-order chi connectivity index (χ1) is 11.5. The van der Waals surface area contributed by atoms with Crippen LogP contribution in [0, 0.1) is 6.92 Å². The van der Waals surface area contributed by atoms with Crippen LogP contribution in [-0.2, 0) is 14.3 Å². The predicted octanol–water partition coefficient (Wildman–Crippen LogP) is 0.917. The summed E-state index contributed by atoms with van der Waals surface area (Å²) in [6.45, 7) is 7.51. The molecule has 2 aliphatic heterocycles. The third-order valence-electron chi connectivity index (χ3n) is 4.61. The highest BCUT2D eigenvalue weighted by molar-refractivity contribution is 6.35. The lowest BCUT2D eigenvalue weighted by Gasteiger charge is -2.33. The first-order valence-electron chi connectivity index (χ1n) is 8.52. The lowest BCUT2D eigenvalue weighted by molar-refractivity contribution is -0.144. The Balaban J connectivity index is 1.79. The Kier molecular flexibility index (Phi) is 5.08. The molecule has 0 aromatic carbocycles. The van der Waals surface area contributed by atoms with Crippen LogP contribution in [0.4, 0.5) is 5.82 Å². The molecule has 7 nitrogen and oxygen atoms in total. The first-order valence-corrected chi connectivity index (χ1v) is 8.52. The summed E-state index contributed by atoms with van der Waals surface area (Å²) in [4.78, 5) is 36.4. The fourth-order valence-corrected chi connectivity index (χ4v) is 3.36. The quantitative estimate of drug-likeness (QED) is 0.766. The van der Waals surface area contributed by atoms with E-state index in [2.05, 4.69) is 14.9 Å². The van der Waals surface area contributed by atoms with Gasteiger partial charge in [0.2, 0.25) is 5.78 Å². The normalized spacial score (nSPS) is 21.7. The van der Waals surface area contributed by atoms with Crippen LogP contribution in [0.1, 0.15) is 37.2 Å².